The van der Waals surface area contributed by atoms with Crippen LogP contribution in [0.15, 0.2) is 59.5 Å². The van der Waals surface area contributed by atoms with Gasteiger partial charge in [0.05, 0.1) is 4.90 Å². The highest BCUT2D eigenvalue weighted by Crippen LogP contribution is 2.17. The molecule has 1 N–H and O–H groups in total. The minimum absolute atomic E-state index is 0. The van der Waals surface area contributed by atoms with E-state index in [0.29, 0.717) is 4.90 Å². The van der Waals surface area contributed by atoms with Crippen LogP contribution in [0.5, 0.6) is 0 Å². The summed E-state index contributed by atoms with van der Waals surface area (Å²) in [5, 5.41) is 0. The summed E-state index contributed by atoms with van der Waals surface area (Å²) in [4.78, 5) is 2.74. The molecule has 4 nitrogen and oxygen atoms in total. The van der Waals surface area contributed by atoms with Gasteiger partial charge in [-0.15, -0.1) is 12.4 Å². The van der Waals surface area contributed by atoms with Gasteiger partial charge in [-0.05, 0) is 42.5 Å². The van der Waals surface area contributed by atoms with Crippen LogP contribution in [0.25, 0.3) is 0 Å². The average Bonchev–Trinajstić information content (AvgIpc) is 2.64. The third-order valence-electron chi connectivity index (χ3n) is 4.80. The maximum Gasteiger partial charge on any atom is 0.240 e. The highest BCUT2D eigenvalue weighted by atomic mass is 35.5. The van der Waals surface area contributed by atoms with E-state index >= 15 is 0 Å². The molecule has 1 aliphatic rings. The van der Waals surface area contributed by atoms with Crippen LogP contribution in [-0.2, 0) is 23.0 Å². The van der Waals surface area contributed by atoms with Gasteiger partial charge < -0.3 is 0 Å². The number of nitrogens with one attached hydrogen (secondary N) is 1. The van der Waals surface area contributed by atoms with Gasteiger partial charge in [0.2, 0.25) is 10.0 Å². The van der Waals surface area contributed by atoms with Gasteiger partial charge in [0.15, 0.2) is 0 Å². The van der Waals surface area contributed by atoms with Crippen molar-refractivity contribution in [2.24, 2.45) is 0 Å². The molecule has 142 valence electrons. The first kappa shape index (κ1) is 20.9. The number of sulfonamides is 1. The Morgan fingerprint density at radius 3 is 2.15 bits per heavy atom. The van der Waals surface area contributed by atoms with Crippen molar-refractivity contribution in [2.45, 2.75) is 43.7 Å². The molecule has 2 aromatic carbocycles. The second kappa shape index (κ2) is 9.51. The van der Waals surface area contributed by atoms with E-state index in [4.69, 9.17) is 0 Å². The molecule has 6 heteroatoms. The van der Waals surface area contributed by atoms with Gasteiger partial charge in [-0.2, -0.15) is 0 Å². The van der Waals surface area contributed by atoms with E-state index in [2.05, 4.69) is 40.8 Å². The van der Waals surface area contributed by atoms with E-state index in [1.807, 2.05) is 18.2 Å². The lowest BCUT2D eigenvalue weighted by molar-refractivity contribution is 0.200. The number of likely N-dealkylation sites (tertiary alicyclic amines) is 1. The van der Waals surface area contributed by atoms with E-state index < -0.39 is 10.0 Å². The van der Waals surface area contributed by atoms with Crippen molar-refractivity contribution in [1.29, 1.82) is 0 Å². The second-order valence-electron chi connectivity index (χ2n) is 6.65. The third-order valence-corrected chi connectivity index (χ3v) is 6.34. The zero-order valence-electron chi connectivity index (χ0n) is 15.1. The molecule has 0 atom stereocenters. The van der Waals surface area contributed by atoms with Crippen molar-refractivity contribution in [3.63, 3.8) is 0 Å². The SMILES string of the molecule is CCc1ccc(S(=O)(=O)NC2CCN(Cc3ccccc3)CC2)cc1.Cl. The Balaban J connectivity index is 0.00000243. The summed E-state index contributed by atoms with van der Waals surface area (Å²) in [5.74, 6) is 0. The molecule has 0 saturated carbocycles. The lowest BCUT2D eigenvalue weighted by Crippen LogP contribution is -2.44. The van der Waals surface area contributed by atoms with E-state index in [-0.39, 0.29) is 18.4 Å². The lowest BCUT2D eigenvalue weighted by atomic mass is 10.1. The number of benzene rings is 2. The standard InChI is InChI=1S/C20H26N2O2S.ClH/c1-2-17-8-10-20(11-9-17)25(23,24)21-19-12-14-22(15-13-19)16-18-6-4-3-5-7-18;/h3-11,19,21H,2,12-16H2,1H3;1H. The number of aryl methyl sites for hydroxylation is 1. The molecule has 26 heavy (non-hydrogen) atoms. The summed E-state index contributed by atoms with van der Waals surface area (Å²) in [6.45, 7) is 4.82. The topological polar surface area (TPSA) is 49.4 Å². The van der Waals surface area contributed by atoms with Crippen molar-refractivity contribution < 1.29 is 8.42 Å². The zero-order chi connectivity index (χ0) is 17.7. The summed E-state index contributed by atoms with van der Waals surface area (Å²) in [6.07, 6.45) is 2.60. The maximum atomic E-state index is 12.5. The van der Waals surface area contributed by atoms with Gasteiger partial charge in [-0.1, -0.05) is 49.4 Å². The molecular formula is C20H27ClN2O2S. The van der Waals surface area contributed by atoms with Gasteiger partial charge in [0, 0.05) is 25.7 Å². The van der Waals surface area contributed by atoms with Crippen molar-refractivity contribution in [1.82, 2.24) is 9.62 Å². The van der Waals surface area contributed by atoms with Crippen LogP contribution in [0.1, 0.15) is 30.9 Å². The lowest BCUT2D eigenvalue weighted by Gasteiger charge is -2.32. The van der Waals surface area contributed by atoms with E-state index in [1.54, 1.807) is 12.1 Å². The fourth-order valence-electron chi connectivity index (χ4n) is 3.24. The monoisotopic (exact) mass is 394 g/mol. The Labute approximate surface area is 163 Å². The summed E-state index contributed by atoms with van der Waals surface area (Å²) in [5.41, 5.74) is 2.45. The Hall–Kier alpha value is -1.40. The van der Waals surface area contributed by atoms with Crippen LogP contribution in [0.2, 0.25) is 0 Å². The van der Waals surface area contributed by atoms with E-state index in [0.717, 1.165) is 44.5 Å². The number of rotatable bonds is 6. The van der Waals surface area contributed by atoms with Gasteiger partial charge in [-0.25, -0.2) is 13.1 Å². The van der Waals surface area contributed by atoms with Crippen molar-refractivity contribution in [3.05, 3.63) is 65.7 Å². The van der Waals surface area contributed by atoms with Crippen LogP contribution in [0.3, 0.4) is 0 Å². The fourth-order valence-corrected chi connectivity index (χ4v) is 4.55. The number of piperidine rings is 1. The third kappa shape index (κ3) is 5.55. The predicted octanol–water partition coefficient (Wildman–Crippen LogP) is 3.61. The Kier molecular flexibility index (Phi) is 7.65. The van der Waals surface area contributed by atoms with Gasteiger partial charge in [0.1, 0.15) is 0 Å². The highest BCUT2D eigenvalue weighted by molar-refractivity contribution is 7.89. The van der Waals surface area contributed by atoms with Gasteiger partial charge in [0.25, 0.3) is 0 Å². The normalized spacial score (nSPS) is 16.2. The Morgan fingerprint density at radius 1 is 0.962 bits per heavy atom. The number of nitrogens with zero attached hydrogens (tertiary/aromatic N) is 1. The minimum Gasteiger partial charge on any atom is -0.299 e. The quantitative estimate of drug-likeness (QED) is 0.814. The zero-order valence-corrected chi connectivity index (χ0v) is 16.7. The molecule has 1 fully saturated rings. The molecule has 0 aromatic heterocycles. The molecule has 1 aliphatic heterocycles. The molecule has 0 bridgehead atoms. The second-order valence-corrected chi connectivity index (χ2v) is 8.37. The summed E-state index contributed by atoms with van der Waals surface area (Å²) < 4.78 is 28.0. The van der Waals surface area contributed by atoms with Crippen molar-refractivity contribution >= 4 is 22.4 Å². The molecule has 0 spiro atoms. The van der Waals surface area contributed by atoms with Crippen LogP contribution in [0, 0.1) is 0 Å². The molecule has 0 amide bonds. The highest BCUT2D eigenvalue weighted by Gasteiger charge is 2.24. The average molecular weight is 395 g/mol. The fraction of sp³-hybridized carbons (Fsp3) is 0.400. The number of hydrogen-bond donors (Lipinski definition) is 1. The molecule has 1 heterocycles. The van der Waals surface area contributed by atoms with E-state index in [1.165, 1.54) is 5.56 Å². The van der Waals surface area contributed by atoms with Crippen LogP contribution in [0.4, 0.5) is 0 Å². The summed E-state index contributed by atoms with van der Waals surface area (Å²) in [7, 11) is -3.43. The molecule has 0 aliphatic carbocycles. The first-order valence-corrected chi connectivity index (χ1v) is 10.4. The molecule has 2 aromatic rings. The van der Waals surface area contributed by atoms with Crippen LogP contribution in [-0.4, -0.2) is 32.4 Å². The minimum atomic E-state index is -3.43. The molecule has 3 rings (SSSR count). The summed E-state index contributed by atoms with van der Waals surface area (Å²) >= 11 is 0. The number of hydrogen-bond acceptors (Lipinski definition) is 3. The maximum absolute atomic E-state index is 12.5. The molecular weight excluding hydrogens is 368 g/mol. The van der Waals surface area contributed by atoms with Crippen molar-refractivity contribution in [3.8, 4) is 0 Å². The predicted molar refractivity (Wildman–Crippen MR) is 108 cm³/mol. The Morgan fingerprint density at radius 2 is 1.58 bits per heavy atom. The van der Waals surface area contributed by atoms with Crippen LogP contribution >= 0.6 is 12.4 Å². The summed E-state index contributed by atoms with van der Waals surface area (Å²) in [6, 6.07) is 17.6. The Bertz CT molecular complexity index is 771. The molecule has 1 saturated heterocycles. The first-order chi connectivity index (χ1) is 12.1. The van der Waals surface area contributed by atoms with Crippen molar-refractivity contribution in [2.75, 3.05) is 13.1 Å². The largest absolute Gasteiger partial charge is 0.299 e. The van der Waals surface area contributed by atoms with Gasteiger partial charge in [-0.3, -0.25) is 4.90 Å². The van der Waals surface area contributed by atoms with Gasteiger partial charge >= 0.3 is 0 Å². The number of halogens is 1. The first-order valence-electron chi connectivity index (χ1n) is 8.94. The van der Waals surface area contributed by atoms with E-state index in [9.17, 15) is 8.42 Å². The molecule has 0 radical (unpaired) electrons. The molecule has 0 unspecified atom stereocenters. The smallest absolute Gasteiger partial charge is 0.240 e. The van der Waals surface area contributed by atoms with Crippen LogP contribution < -0.4 is 4.72 Å².